The van der Waals surface area contributed by atoms with Crippen molar-refractivity contribution in [2.24, 2.45) is 0 Å². The first-order valence-electron chi connectivity index (χ1n) is 7.88. The summed E-state index contributed by atoms with van der Waals surface area (Å²) < 4.78 is 39.4. The average Bonchev–Trinajstić information content (AvgIpc) is 2.62. The van der Waals surface area contributed by atoms with Crippen LogP contribution in [0, 0.1) is 0 Å². The Morgan fingerprint density at radius 2 is 1.80 bits per heavy atom. The van der Waals surface area contributed by atoms with Crippen molar-refractivity contribution in [1.82, 2.24) is 0 Å². The second-order valence-electron chi connectivity index (χ2n) is 5.34. The first-order valence-corrected chi connectivity index (χ1v) is 7.88. The van der Waals surface area contributed by atoms with Crippen LogP contribution in [0.25, 0.3) is 0 Å². The fourth-order valence-corrected chi connectivity index (χ4v) is 2.47. The molecule has 0 fully saturated rings. The molecule has 6 heteroatoms. The van der Waals surface area contributed by atoms with Crippen LogP contribution in [0.5, 0.6) is 11.5 Å². The summed E-state index contributed by atoms with van der Waals surface area (Å²) in [5.41, 5.74) is 1.52. The molecule has 0 heterocycles. The molecule has 25 heavy (non-hydrogen) atoms. The molecule has 0 saturated carbocycles. The van der Waals surface area contributed by atoms with Gasteiger partial charge in [-0.05, 0) is 29.7 Å². The van der Waals surface area contributed by atoms with Gasteiger partial charge in [-0.25, -0.2) is 0 Å². The number of carbonyl (C=O) groups excluding carboxylic acids is 1. The zero-order valence-corrected chi connectivity index (χ0v) is 14.1. The summed E-state index contributed by atoms with van der Waals surface area (Å²) in [4.78, 5) is 12.3. The summed E-state index contributed by atoms with van der Waals surface area (Å²) in [5, 5.41) is 0. The Hall–Kier alpha value is -2.63. The smallest absolute Gasteiger partial charge is 0.387 e. The summed E-state index contributed by atoms with van der Waals surface area (Å²) >= 11 is 0. The van der Waals surface area contributed by atoms with E-state index in [1.54, 1.807) is 6.07 Å². The molecule has 0 aliphatic heterocycles. The summed E-state index contributed by atoms with van der Waals surface area (Å²) in [6.45, 7) is -1.000. The molecule has 134 valence electrons. The molecule has 1 atom stereocenters. The maximum absolute atomic E-state index is 12.3. The molecule has 0 saturated heterocycles. The molecule has 0 spiro atoms. The highest BCUT2D eigenvalue weighted by atomic mass is 19.3. The molecule has 0 amide bonds. The van der Waals surface area contributed by atoms with Gasteiger partial charge >= 0.3 is 12.6 Å². The van der Waals surface area contributed by atoms with Gasteiger partial charge in [0, 0.05) is 0 Å². The van der Waals surface area contributed by atoms with E-state index in [0.29, 0.717) is 12.0 Å². The molecule has 1 unspecified atom stereocenters. The number of ether oxygens (including phenoxy) is 3. The van der Waals surface area contributed by atoms with Crippen LogP contribution in [0.1, 0.15) is 30.4 Å². The lowest BCUT2D eigenvalue weighted by Crippen LogP contribution is -2.15. The molecule has 0 aliphatic rings. The van der Waals surface area contributed by atoms with Crippen LogP contribution >= 0.6 is 0 Å². The van der Waals surface area contributed by atoms with Gasteiger partial charge in [0.05, 0.1) is 13.0 Å². The number of hydrogen-bond acceptors (Lipinski definition) is 4. The number of halogens is 2. The average molecular weight is 350 g/mol. The van der Waals surface area contributed by atoms with Crippen molar-refractivity contribution >= 4 is 5.97 Å². The summed E-state index contributed by atoms with van der Waals surface area (Å²) in [7, 11) is 1.35. The molecule has 0 aromatic heterocycles. The van der Waals surface area contributed by atoms with E-state index in [9.17, 15) is 13.6 Å². The SMILES string of the molecule is CCC(C(=O)OCc1ccc(OC(F)F)c(OC)c1)c1ccccc1. The van der Waals surface area contributed by atoms with Gasteiger partial charge in [0.1, 0.15) is 6.61 Å². The highest BCUT2D eigenvalue weighted by molar-refractivity contribution is 5.78. The van der Waals surface area contributed by atoms with Gasteiger partial charge in [-0.2, -0.15) is 8.78 Å². The van der Waals surface area contributed by atoms with Crippen molar-refractivity contribution in [3.05, 3.63) is 59.7 Å². The van der Waals surface area contributed by atoms with Crippen LogP contribution in [0.3, 0.4) is 0 Å². The van der Waals surface area contributed by atoms with Crippen molar-refractivity contribution in [3.8, 4) is 11.5 Å². The van der Waals surface area contributed by atoms with Gasteiger partial charge < -0.3 is 14.2 Å². The Labute approximate surface area is 145 Å². The van der Waals surface area contributed by atoms with Crippen LogP contribution in [-0.4, -0.2) is 19.7 Å². The Morgan fingerprint density at radius 3 is 2.40 bits per heavy atom. The first-order chi connectivity index (χ1) is 12.0. The number of rotatable bonds is 8. The quantitative estimate of drug-likeness (QED) is 0.656. The second kappa shape index (κ2) is 9.01. The van der Waals surface area contributed by atoms with Gasteiger partial charge in [-0.15, -0.1) is 0 Å². The van der Waals surface area contributed by atoms with Crippen LogP contribution in [0.2, 0.25) is 0 Å². The van der Waals surface area contributed by atoms with Crippen LogP contribution in [0.15, 0.2) is 48.5 Å². The Morgan fingerprint density at radius 1 is 1.08 bits per heavy atom. The van der Waals surface area contributed by atoms with Gasteiger partial charge in [0.15, 0.2) is 11.5 Å². The highest BCUT2D eigenvalue weighted by Gasteiger charge is 2.20. The van der Waals surface area contributed by atoms with Crippen molar-refractivity contribution in [2.75, 3.05) is 7.11 Å². The fraction of sp³-hybridized carbons (Fsp3) is 0.316. The molecule has 0 N–H and O–H groups in total. The van der Waals surface area contributed by atoms with Gasteiger partial charge in [0.2, 0.25) is 0 Å². The van der Waals surface area contributed by atoms with E-state index in [2.05, 4.69) is 4.74 Å². The van der Waals surface area contributed by atoms with Gasteiger partial charge in [-0.3, -0.25) is 4.79 Å². The van der Waals surface area contributed by atoms with E-state index in [0.717, 1.165) is 5.56 Å². The molecule has 0 bridgehead atoms. The third-order valence-corrected chi connectivity index (χ3v) is 3.72. The van der Waals surface area contributed by atoms with E-state index in [-0.39, 0.29) is 30.0 Å². The normalized spacial score (nSPS) is 11.9. The minimum atomic E-state index is -2.94. The largest absolute Gasteiger partial charge is 0.493 e. The van der Waals surface area contributed by atoms with Crippen molar-refractivity contribution in [1.29, 1.82) is 0 Å². The maximum Gasteiger partial charge on any atom is 0.387 e. The lowest BCUT2D eigenvalue weighted by molar-refractivity contribution is -0.146. The zero-order valence-electron chi connectivity index (χ0n) is 14.1. The molecular weight excluding hydrogens is 330 g/mol. The summed E-state index contributed by atoms with van der Waals surface area (Å²) in [6, 6.07) is 13.8. The molecule has 0 radical (unpaired) electrons. The number of hydrogen-bond donors (Lipinski definition) is 0. The lowest BCUT2D eigenvalue weighted by atomic mass is 9.97. The minimum Gasteiger partial charge on any atom is -0.493 e. The van der Waals surface area contributed by atoms with E-state index in [4.69, 9.17) is 9.47 Å². The Kier molecular flexibility index (Phi) is 6.74. The topological polar surface area (TPSA) is 44.8 Å². The maximum atomic E-state index is 12.3. The van der Waals surface area contributed by atoms with Crippen LogP contribution in [-0.2, 0) is 16.1 Å². The minimum absolute atomic E-state index is 0.0213. The third kappa shape index (κ3) is 5.17. The van der Waals surface area contributed by atoms with Crippen LogP contribution < -0.4 is 9.47 Å². The summed E-state index contributed by atoms with van der Waals surface area (Å²) in [5.74, 6) is -0.586. The van der Waals surface area contributed by atoms with E-state index < -0.39 is 6.61 Å². The Balaban J connectivity index is 2.03. The second-order valence-corrected chi connectivity index (χ2v) is 5.34. The van der Waals surface area contributed by atoms with Gasteiger partial charge in [0.25, 0.3) is 0 Å². The molecule has 2 aromatic rings. The van der Waals surface area contributed by atoms with E-state index in [1.807, 2.05) is 37.3 Å². The highest BCUT2D eigenvalue weighted by Crippen LogP contribution is 2.30. The molecule has 2 aromatic carbocycles. The molecule has 4 nitrogen and oxygen atoms in total. The monoisotopic (exact) mass is 350 g/mol. The number of esters is 1. The van der Waals surface area contributed by atoms with E-state index >= 15 is 0 Å². The van der Waals surface area contributed by atoms with Crippen molar-refractivity contribution < 1.29 is 27.8 Å². The molecule has 2 rings (SSSR count). The molecular formula is C19H20F2O4. The van der Waals surface area contributed by atoms with Crippen molar-refractivity contribution in [3.63, 3.8) is 0 Å². The van der Waals surface area contributed by atoms with Crippen molar-refractivity contribution in [2.45, 2.75) is 32.5 Å². The van der Waals surface area contributed by atoms with Crippen LogP contribution in [0.4, 0.5) is 8.78 Å². The van der Waals surface area contributed by atoms with E-state index in [1.165, 1.54) is 19.2 Å². The Bertz CT molecular complexity index is 689. The predicted molar refractivity (Wildman–Crippen MR) is 88.9 cm³/mol. The number of alkyl halides is 2. The number of methoxy groups -OCH3 is 1. The standard InChI is InChI=1S/C19H20F2O4/c1-3-15(14-7-5-4-6-8-14)18(22)24-12-13-9-10-16(25-19(20)21)17(11-13)23-2/h4-11,15,19H,3,12H2,1-2H3. The lowest BCUT2D eigenvalue weighted by Gasteiger charge is -2.15. The summed E-state index contributed by atoms with van der Waals surface area (Å²) in [6.07, 6.45) is 0.618. The third-order valence-electron chi connectivity index (χ3n) is 3.72. The fourth-order valence-electron chi connectivity index (χ4n) is 2.47. The number of carbonyl (C=O) groups is 1. The first kappa shape index (κ1) is 18.7. The predicted octanol–water partition coefficient (Wildman–Crippen LogP) is 4.53. The molecule has 0 aliphatic carbocycles. The number of benzene rings is 2. The van der Waals surface area contributed by atoms with Gasteiger partial charge in [-0.1, -0.05) is 43.3 Å². The zero-order chi connectivity index (χ0) is 18.2.